The maximum atomic E-state index is 14.1. The second-order valence-corrected chi connectivity index (χ2v) is 5.45. The Hall–Kier alpha value is -1.82. The molecule has 0 aromatic heterocycles. The Labute approximate surface area is 117 Å². The van der Waals surface area contributed by atoms with Crippen LogP contribution in [0.3, 0.4) is 0 Å². The van der Waals surface area contributed by atoms with E-state index in [1.54, 1.807) is 0 Å². The van der Waals surface area contributed by atoms with E-state index >= 15 is 0 Å². The summed E-state index contributed by atoms with van der Waals surface area (Å²) in [5.41, 5.74) is 5.81. The molecule has 1 aromatic carbocycles. The van der Waals surface area contributed by atoms with Gasteiger partial charge in [0.15, 0.2) is 0 Å². The number of anilines is 2. The molecule has 0 amide bonds. The van der Waals surface area contributed by atoms with Crippen LogP contribution in [0.5, 0.6) is 0 Å². The lowest BCUT2D eigenvalue weighted by atomic mass is 10.1. The predicted molar refractivity (Wildman–Crippen MR) is 76.7 cm³/mol. The van der Waals surface area contributed by atoms with Gasteiger partial charge < -0.3 is 20.6 Å². The molecule has 20 heavy (non-hydrogen) atoms. The standard InChI is InChI=1S/C14H20FN3O2/c1-17(2)8-9-4-3-5-18(9)13-6-10(14(19)20)12(16)7-11(13)15/h6-7,9H,3-5,8,16H2,1-2H3,(H,19,20). The number of likely N-dealkylation sites (N-methyl/N-ethyl adjacent to an activating group) is 1. The average Bonchev–Trinajstić information content (AvgIpc) is 2.75. The van der Waals surface area contributed by atoms with Gasteiger partial charge in [0.25, 0.3) is 0 Å². The number of nitrogens with zero attached hydrogens (tertiary/aromatic N) is 2. The third-order valence-electron chi connectivity index (χ3n) is 3.61. The zero-order valence-corrected chi connectivity index (χ0v) is 11.8. The molecule has 1 aromatic rings. The zero-order chi connectivity index (χ0) is 14.9. The number of rotatable bonds is 4. The Morgan fingerprint density at radius 2 is 2.25 bits per heavy atom. The van der Waals surface area contributed by atoms with Crippen LogP contribution in [0.15, 0.2) is 12.1 Å². The summed E-state index contributed by atoms with van der Waals surface area (Å²) >= 11 is 0. The summed E-state index contributed by atoms with van der Waals surface area (Å²) in [7, 11) is 3.94. The van der Waals surface area contributed by atoms with Crippen molar-refractivity contribution in [2.75, 3.05) is 37.8 Å². The van der Waals surface area contributed by atoms with Gasteiger partial charge in [-0.2, -0.15) is 0 Å². The normalized spacial score (nSPS) is 18.8. The van der Waals surface area contributed by atoms with Gasteiger partial charge in [0.1, 0.15) is 5.82 Å². The van der Waals surface area contributed by atoms with Crippen LogP contribution >= 0.6 is 0 Å². The third kappa shape index (κ3) is 2.85. The summed E-state index contributed by atoms with van der Waals surface area (Å²) in [6.07, 6.45) is 1.95. The molecule has 1 aliphatic heterocycles. The molecule has 1 fully saturated rings. The van der Waals surface area contributed by atoms with E-state index < -0.39 is 11.8 Å². The minimum absolute atomic E-state index is 0.0397. The minimum Gasteiger partial charge on any atom is -0.478 e. The Kier molecular flexibility index (Phi) is 4.13. The van der Waals surface area contributed by atoms with Crippen molar-refractivity contribution in [2.24, 2.45) is 0 Å². The quantitative estimate of drug-likeness (QED) is 0.821. The fourth-order valence-electron chi connectivity index (χ4n) is 2.75. The van der Waals surface area contributed by atoms with E-state index in [0.29, 0.717) is 5.69 Å². The van der Waals surface area contributed by atoms with Crippen molar-refractivity contribution in [1.29, 1.82) is 0 Å². The molecule has 1 aliphatic rings. The number of benzene rings is 1. The van der Waals surface area contributed by atoms with Gasteiger partial charge in [0.05, 0.1) is 11.3 Å². The summed E-state index contributed by atoms with van der Waals surface area (Å²) in [6, 6.07) is 2.65. The topological polar surface area (TPSA) is 69.8 Å². The highest BCUT2D eigenvalue weighted by atomic mass is 19.1. The molecule has 0 aliphatic carbocycles. The number of carbonyl (C=O) groups is 1. The van der Waals surface area contributed by atoms with Crippen LogP contribution < -0.4 is 10.6 Å². The van der Waals surface area contributed by atoms with Crippen LogP contribution in [-0.4, -0.2) is 49.2 Å². The van der Waals surface area contributed by atoms with E-state index in [1.165, 1.54) is 6.07 Å². The third-order valence-corrected chi connectivity index (χ3v) is 3.61. The molecule has 110 valence electrons. The van der Waals surface area contributed by atoms with Gasteiger partial charge in [0.2, 0.25) is 0 Å². The van der Waals surface area contributed by atoms with Gasteiger partial charge in [-0.15, -0.1) is 0 Å². The van der Waals surface area contributed by atoms with Crippen LogP contribution in [0.25, 0.3) is 0 Å². The fourth-order valence-corrected chi connectivity index (χ4v) is 2.75. The van der Waals surface area contributed by atoms with E-state index in [1.807, 2.05) is 19.0 Å². The van der Waals surface area contributed by atoms with Crippen molar-refractivity contribution in [1.82, 2.24) is 4.90 Å². The highest BCUT2D eigenvalue weighted by Gasteiger charge is 2.28. The summed E-state index contributed by atoms with van der Waals surface area (Å²) in [5.74, 6) is -1.59. The number of hydrogen-bond donors (Lipinski definition) is 2. The number of carboxylic acids is 1. The molecular formula is C14H20FN3O2. The minimum atomic E-state index is -1.13. The Bertz CT molecular complexity index is 519. The van der Waals surface area contributed by atoms with Gasteiger partial charge in [0, 0.05) is 24.8 Å². The van der Waals surface area contributed by atoms with Crippen molar-refractivity contribution >= 4 is 17.3 Å². The molecule has 0 spiro atoms. The average molecular weight is 281 g/mol. The largest absolute Gasteiger partial charge is 0.478 e. The summed E-state index contributed by atoms with van der Waals surface area (Å²) in [5, 5.41) is 9.11. The Morgan fingerprint density at radius 3 is 2.85 bits per heavy atom. The van der Waals surface area contributed by atoms with E-state index in [9.17, 15) is 9.18 Å². The molecule has 2 rings (SSSR count). The number of hydrogen-bond acceptors (Lipinski definition) is 4. The van der Waals surface area contributed by atoms with Crippen molar-refractivity contribution in [3.8, 4) is 0 Å². The molecule has 3 N–H and O–H groups in total. The van der Waals surface area contributed by atoms with E-state index in [2.05, 4.69) is 4.90 Å². The van der Waals surface area contributed by atoms with Crippen LogP contribution in [0, 0.1) is 5.82 Å². The van der Waals surface area contributed by atoms with Crippen molar-refractivity contribution in [2.45, 2.75) is 18.9 Å². The van der Waals surface area contributed by atoms with Gasteiger partial charge in [-0.05, 0) is 39.1 Å². The molecular weight excluding hydrogens is 261 g/mol. The zero-order valence-electron chi connectivity index (χ0n) is 11.8. The lowest BCUT2D eigenvalue weighted by Gasteiger charge is -2.29. The first-order valence-corrected chi connectivity index (χ1v) is 6.64. The molecule has 5 nitrogen and oxygen atoms in total. The van der Waals surface area contributed by atoms with Crippen LogP contribution in [0.2, 0.25) is 0 Å². The van der Waals surface area contributed by atoms with Gasteiger partial charge in [-0.25, -0.2) is 9.18 Å². The maximum absolute atomic E-state index is 14.1. The van der Waals surface area contributed by atoms with E-state index in [4.69, 9.17) is 10.8 Å². The maximum Gasteiger partial charge on any atom is 0.337 e. The van der Waals surface area contributed by atoms with Crippen LogP contribution in [0.1, 0.15) is 23.2 Å². The number of aromatic carboxylic acids is 1. The second-order valence-electron chi connectivity index (χ2n) is 5.45. The fraction of sp³-hybridized carbons (Fsp3) is 0.500. The van der Waals surface area contributed by atoms with Crippen molar-refractivity contribution < 1.29 is 14.3 Å². The van der Waals surface area contributed by atoms with E-state index in [-0.39, 0.29) is 17.3 Å². The molecule has 0 saturated carbocycles. The molecule has 6 heteroatoms. The predicted octanol–water partition coefficient (Wildman–Crippen LogP) is 1.64. The van der Waals surface area contributed by atoms with Gasteiger partial charge in [-0.1, -0.05) is 0 Å². The highest BCUT2D eigenvalue weighted by Crippen LogP contribution is 2.31. The monoisotopic (exact) mass is 281 g/mol. The first-order valence-electron chi connectivity index (χ1n) is 6.64. The number of halogens is 1. The lowest BCUT2D eigenvalue weighted by Crippen LogP contribution is -2.38. The lowest BCUT2D eigenvalue weighted by molar-refractivity contribution is 0.0698. The van der Waals surface area contributed by atoms with Crippen LogP contribution in [0.4, 0.5) is 15.8 Å². The Morgan fingerprint density at radius 1 is 1.55 bits per heavy atom. The number of carboxylic acid groups (broad SMARTS) is 1. The highest BCUT2D eigenvalue weighted by molar-refractivity contribution is 5.95. The van der Waals surface area contributed by atoms with Crippen molar-refractivity contribution in [3.05, 3.63) is 23.5 Å². The molecule has 1 saturated heterocycles. The summed E-state index contributed by atoms with van der Waals surface area (Å²) in [4.78, 5) is 15.1. The Balaban J connectivity index is 2.36. The SMILES string of the molecule is CN(C)CC1CCCN1c1cc(C(=O)O)c(N)cc1F. The first-order chi connectivity index (χ1) is 9.40. The molecule has 1 heterocycles. The molecule has 0 bridgehead atoms. The first kappa shape index (κ1) is 14.6. The van der Waals surface area contributed by atoms with Gasteiger partial charge >= 0.3 is 5.97 Å². The summed E-state index contributed by atoms with van der Waals surface area (Å²) in [6.45, 7) is 1.55. The number of nitrogens with two attached hydrogens (primary N) is 1. The van der Waals surface area contributed by atoms with E-state index in [0.717, 1.165) is 32.0 Å². The number of nitrogen functional groups attached to an aromatic ring is 1. The smallest absolute Gasteiger partial charge is 0.337 e. The van der Waals surface area contributed by atoms with Gasteiger partial charge in [-0.3, -0.25) is 0 Å². The van der Waals surface area contributed by atoms with Crippen LogP contribution in [-0.2, 0) is 0 Å². The molecule has 1 unspecified atom stereocenters. The van der Waals surface area contributed by atoms with Crippen molar-refractivity contribution in [3.63, 3.8) is 0 Å². The molecule has 1 atom stereocenters. The second kappa shape index (κ2) is 5.66. The summed E-state index contributed by atoms with van der Waals surface area (Å²) < 4.78 is 14.1. The molecule has 0 radical (unpaired) electrons.